The van der Waals surface area contributed by atoms with Gasteiger partial charge in [-0.2, -0.15) is 0 Å². The van der Waals surface area contributed by atoms with Gasteiger partial charge in [0.15, 0.2) is 0 Å². The van der Waals surface area contributed by atoms with Gasteiger partial charge in [0.05, 0.1) is 12.3 Å². The van der Waals surface area contributed by atoms with Crippen LogP contribution in [0.2, 0.25) is 0 Å². The molecule has 80 valence electrons. The number of sulfonamides is 1. The number of primary sulfonamides is 1. The van der Waals surface area contributed by atoms with E-state index < -0.39 is 16.4 Å². The van der Waals surface area contributed by atoms with Gasteiger partial charge in [0.1, 0.15) is 0 Å². The molecule has 7 heteroatoms. The molecule has 13 heavy (non-hydrogen) atoms. The fourth-order valence-electron chi connectivity index (χ4n) is 0.863. The molecule has 0 radical (unpaired) electrons. The molecule has 0 saturated carbocycles. The van der Waals surface area contributed by atoms with Crippen molar-refractivity contribution in [2.75, 3.05) is 25.9 Å². The SMILES string of the molecule is CN(CCCS(N)(=O)=O)CC(F)F. The molecule has 2 N–H and O–H groups in total. The van der Waals surface area contributed by atoms with Crippen LogP contribution in [-0.2, 0) is 10.0 Å². The summed E-state index contributed by atoms with van der Waals surface area (Å²) in [5.41, 5.74) is 0. The van der Waals surface area contributed by atoms with Crippen molar-refractivity contribution >= 4 is 10.0 Å². The van der Waals surface area contributed by atoms with Crippen LogP contribution in [0.5, 0.6) is 0 Å². The summed E-state index contributed by atoms with van der Waals surface area (Å²) in [5.74, 6) is -0.166. The van der Waals surface area contributed by atoms with Crippen LogP contribution in [0.1, 0.15) is 6.42 Å². The van der Waals surface area contributed by atoms with Crippen LogP contribution in [0.25, 0.3) is 0 Å². The summed E-state index contributed by atoms with van der Waals surface area (Å²) in [6.45, 7) is -0.0363. The highest BCUT2D eigenvalue weighted by atomic mass is 32.2. The molecule has 0 aliphatic carbocycles. The molecule has 0 fully saturated rings. The predicted molar refractivity (Wildman–Crippen MR) is 46.1 cm³/mol. The Morgan fingerprint density at radius 1 is 1.46 bits per heavy atom. The average molecular weight is 216 g/mol. The van der Waals surface area contributed by atoms with Gasteiger partial charge >= 0.3 is 0 Å². The second kappa shape index (κ2) is 5.46. The lowest BCUT2D eigenvalue weighted by Gasteiger charge is -2.14. The van der Waals surface area contributed by atoms with Crippen molar-refractivity contribution in [1.29, 1.82) is 0 Å². The molecule has 0 unspecified atom stereocenters. The van der Waals surface area contributed by atoms with Gasteiger partial charge in [-0.1, -0.05) is 0 Å². The quantitative estimate of drug-likeness (QED) is 0.672. The summed E-state index contributed by atoms with van der Waals surface area (Å²) in [5, 5.41) is 4.73. The summed E-state index contributed by atoms with van der Waals surface area (Å²) >= 11 is 0. The van der Waals surface area contributed by atoms with Crippen molar-refractivity contribution in [3.63, 3.8) is 0 Å². The van der Waals surface area contributed by atoms with Crippen LogP contribution >= 0.6 is 0 Å². The minimum Gasteiger partial charge on any atom is -0.301 e. The molecule has 0 rings (SSSR count). The van der Waals surface area contributed by atoms with Gasteiger partial charge in [-0.15, -0.1) is 0 Å². The third-order valence-corrected chi connectivity index (χ3v) is 2.28. The number of nitrogens with zero attached hydrogens (tertiary/aromatic N) is 1. The highest BCUT2D eigenvalue weighted by Gasteiger charge is 2.08. The Morgan fingerprint density at radius 3 is 2.38 bits per heavy atom. The van der Waals surface area contributed by atoms with E-state index in [0.717, 1.165) is 0 Å². The number of hydrogen-bond donors (Lipinski definition) is 1. The first kappa shape index (κ1) is 12.7. The van der Waals surface area contributed by atoms with Gasteiger partial charge in [0.2, 0.25) is 10.0 Å². The predicted octanol–water partition coefficient (Wildman–Crippen LogP) is -0.138. The molecule has 0 aromatic heterocycles. The molecule has 0 amide bonds. The normalized spacial score (nSPS) is 12.8. The first-order valence-electron chi connectivity index (χ1n) is 3.78. The first-order valence-corrected chi connectivity index (χ1v) is 5.50. The molecular weight excluding hydrogens is 202 g/mol. The Kier molecular flexibility index (Phi) is 5.34. The van der Waals surface area contributed by atoms with Gasteiger partial charge in [-0.05, 0) is 20.0 Å². The van der Waals surface area contributed by atoms with Crippen LogP contribution in [0.3, 0.4) is 0 Å². The molecule has 0 aromatic rings. The van der Waals surface area contributed by atoms with Crippen LogP contribution < -0.4 is 5.14 Å². The highest BCUT2D eigenvalue weighted by Crippen LogP contribution is 1.97. The van der Waals surface area contributed by atoms with Crippen LogP contribution in [0.15, 0.2) is 0 Å². The van der Waals surface area contributed by atoms with Gasteiger partial charge in [-0.3, -0.25) is 0 Å². The van der Waals surface area contributed by atoms with Gasteiger partial charge in [0.25, 0.3) is 6.43 Å². The van der Waals surface area contributed by atoms with Crippen LogP contribution in [-0.4, -0.2) is 45.6 Å². The largest absolute Gasteiger partial charge is 0.301 e. The van der Waals surface area contributed by atoms with Crippen molar-refractivity contribution < 1.29 is 17.2 Å². The Hall–Kier alpha value is -0.270. The molecule has 0 aliphatic rings. The van der Waals surface area contributed by atoms with E-state index in [1.54, 1.807) is 0 Å². The Balaban J connectivity index is 3.54. The zero-order chi connectivity index (χ0) is 10.5. The van der Waals surface area contributed by atoms with E-state index in [2.05, 4.69) is 0 Å². The molecule has 0 saturated heterocycles. The van der Waals surface area contributed by atoms with E-state index >= 15 is 0 Å². The lowest BCUT2D eigenvalue weighted by Crippen LogP contribution is -2.28. The first-order chi connectivity index (χ1) is 5.81. The molecular formula is C6H14F2N2O2S. The van der Waals surface area contributed by atoms with E-state index in [1.807, 2.05) is 0 Å². The van der Waals surface area contributed by atoms with Crippen molar-refractivity contribution in [1.82, 2.24) is 4.90 Å². The third kappa shape index (κ3) is 9.65. The van der Waals surface area contributed by atoms with E-state index in [9.17, 15) is 17.2 Å². The van der Waals surface area contributed by atoms with E-state index in [0.29, 0.717) is 6.54 Å². The summed E-state index contributed by atoms with van der Waals surface area (Å²) < 4.78 is 44.4. The number of nitrogens with two attached hydrogens (primary N) is 1. The van der Waals surface area contributed by atoms with E-state index in [-0.39, 0.29) is 18.7 Å². The zero-order valence-electron chi connectivity index (χ0n) is 7.41. The fraction of sp³-hybridized carbons (Fsp3) is 1.00. The molecule has 0 aliphatic heterocycles. The topological polar surface area (TPSA) is 63.4 Å². The Labute approximate surface area is 76.8 Å². The minimum atomic E-state index is -3.46. The smallest absolute Gasteiger partial charge is 0.251 e. The summed E-state index contributed by atoms with van der Waals surface area (Å²) in [4.78, 5) is 1.37. The molecule has 4 nitrogen and oxygen atoms in total. The van der Waals surface area contributed by atoms with Gasteiger partial charge in [0, 0.05) is 0 Å². The molecule has 0 atom stereocenters. The molecule has 0 spiro atoms. The minimum absolute atomic E-state index is 0.166. The van der Waals surface area contributed by atoms with E-state index in [4.69, 9.17) is 5.14 Å². The summed E-state index contributed by atoms with van der Waals surface area (Å²) in [6.07, 6.45) is -2.11. The van der Waals surface area contributed by atoms with E-state index in [1.165, 1.54) is 11.9 Å². The van der Waals surface area contributed by atoms with Crippen molar-refractivity contribution in [2.24, 2.45) is 5.14 Å². The molecule has 0 heterocycles. The number of alkyl halides is 2. The lowest BCUT2D eigenvalue weighted by molar-refractivity contribution is 0.101. The number of rotatable bonds is 6. The lowest BCUT2D eigenvalue weighted by atomic mass is 10.4. The van der Waals surface area contributed by atoms with Crippen LogP contribution in [0, 0.1) is 0 Å². The standard InChI is InChI=1S/C6H14F2N2O2S/c1-10(5-6(7)8)3-2-4-13(9,11)12/h6H,2-5H2,1H3,(H2,9,11,12). The summed E-state index contributed by atoms with van der Waals surface area (Å²) in [7, 11) is -1.95. The molecule has 0 bridgehead atoms. The van der Waals surface area contributed by atoms with Gasteiger partial charge < -0.3 is 4.90 Å². The second-order valence-corrected chi connectivity index (χ2v) is 4.61. The molecule has 0 aromatic carbocycles. The van der Waals surface area contributed by atoms with Crippen molar-refractivity contribution in [3.8, 4) is 0 Å². The monoisotopic (exact) mass is 216 g/mol. The maximum Gasteiger partial charge on any atom is 0.251 e. The fourth-order valence-corrected chi connectivity index (χ4v) is 1.39. The average Bonchev–Trinajstić information content (AvgIpc) is 1.81. The number of hydrogen-bond acceptors (Lipinski definition) is 3. The van der Waals surface area contributed by atoms with Crippen LogP contribution in [0.4, 0.5) is 8.78 Å². The van der Waals surface area contributed by atoms with Gasteiger partial charge in [-0.25, -0.2) is 22.3 Å². The highest BCUT2D eigenvalue weighted by molar-refractivity contribution is 7.89. The second-order valence-electron chi connectivity index (χ2n) is 2.87. The van der Waals surface area contributed by atoms with Crippen molar-refractivity contribution in [2.45, 2.75) is 12.8 Å². The van der Waals surface area contributed by atoms with Crippen molar-refractivity contribution in [3.05, 3.63) is 0 Å². The maximum atomic E-state index is 11.8. The summed E-state index contributed by atoms with van der Waals surface area (Å²) in [6, 6.07) is 0. The zero-order valence-corrected chi connectivity index (χ0v) is 8.23. The number of halogens is 2. The maximum absolute atomic E-state index is 11.8. The Bertz CT molecular complexity index is 231. The Morgan fingerprint density at radius 2 is 2.00 bits per heavy atom. The third-order valence-electron chi connectivity index (χ3n) is 1.42.